The Morgan fingerprint density at radius 1 is 1.47 bits per heavy atom. The number of halogens is 3. The van der Waals surface area contributed by atoms with Crippen LogP contribution in [0.15, 0.2) is 12.1 Å². The largest absolute Gasteiger partial charge is 0.431 e. The summed E-state index contributed by atoms with van der Waals surface area (Å²) in [5, 5.41) is 10.4. The van der Waals surface area contributed by atoms with Crippen molar-refractivity contribution in [2.45, 2.75) is 13.5 Å². The van der Waals surface area contributed by atoms with E-state index in [9.17, 15) is 28.1 Å². The van der Waals surface area contributed by atoms with E-state index in [1.807, 2.05) is 0 Å². The summed E-state index contributed by atoms with van der Waals surface area (Å²) in [5.41, 5.74) is -1.31. The number of nitrogens with zero attached hydrogens (tertiary/aromatic N) is 1. The van der Waals surface area contributed by atoms with Crippen LogP contribution < -0.4 is 4.74 Å². The van der Waals surface area contributed by atoms with Gasteiger partial charge in [0.2, 0.25) is 0 Å². The van der Waals surface area contributed by atoms with Crippen molar-refractivity contribution in [3.8, 4) is 5.75 Å². The number of nitro benzene ring substituents is 1. The second kappa shape index (κ2) is 4.81. The van der Waals surface area contributed by atoms with Gasteiger partial charge in [0.15, 0.2) is 17.3 Å². The first kappa shape index (κ1) is 12.9. The van der Waals surface area contributed by atoms with Gasteiger partial charge in [0, 0.05) is 6.07 Å². The molecular weight excluding hydrogens is 243 g/mol. The van der Waals surface area contributed by atoms with E-state index in [4.69, 9.17) is 0 Å². The fourth-order valence-corrected chi connectivity index (χ4v) is 1.15. The van der Waals surface area contributed by atoms with Crippen LogP contribution in [0, 0.1) is 15.9 Å². The van der Waals surface area contributed by atoms with Crippen molar-refractivity contribution in [1.29, 1.82) is 0 Å². The summed E-state index contributed by atoms with van der Waals surface area (Å²) in [6.07, 6.45) is 0. The Hall–Kier alpha value is -2.12. The van der Waals surface area contributed by atoms with E-state index in [2.05, 4.69) is 4.74 Å². The van der Waals surface area contributed by atoms with Gasteiger partial charge in [-0.1, -0.05) is 0 Å². The van der Waals surface area contributed by atoms with Crippen LogP contribution in [-0.2, 0) is 0 Å². The minimum atomic E-state index is -3.33. The van der Waals surface area contributed by atoms with Crippen molar-refractivity contribution >= 4 is 11.5 Å². The first-order valence-electron chi connectivity index (χ1n) is 4.26. The number of Topliss-reactive ketones (excluding diaryl/α,β-unsaturated/α-hetero) is 1. The number of nitro groups is 1. The Labute approximate surface area is 93.0 Å². The highest BCUT2D eigenvalue weighted by molar-refractivity contribution is 5.97. The molecule has 0 N–H and O–H groups in total. The van der Waals surface area contributed by atoms with Crippen LogP contribution in [0.1, 0.15) is 17.3 Å². The first-order chi connectivity index (χ1) is 7.82. The highest BCUT2D eigenvalue weighted by Gasteiger charge is 2.22. The number of benzene rings is 1. The van der Waals surface area contributed by atoms with Crippen molar-refractivity contribution in [3.05, 3.63) is 33.6 Å². The van der Waals surface area contributed by atoms with E-state index in [1.165, 1.54) is 0 Å². The van der Waals surface area contributed by atoms with Gasteiger partial charge in [0.05, 0.1) is 16.6 Å². The average Bonchev–Trinajstić information content (AvgIpc) is 2.19. The van der Waals surface area contributed by atoms with E-state index < -0.39 is 40.1 Å². The third-order valence-electron chi connectivity index (χ3n) is 1.83. The normalized spacial score (nSPS) is 10.4. The topological polar surface area (TPSA) is 69.4 Å². The molecule has 5 nitrogen and oxygen atoms in total. The predicted octanol–water partition coefficient (Wildman–Crippen LogP) is 2.54. The molecule has 0 spiro atoms. The number of rotatable bonds is 4. The van der Waals surface area contributed by atoms with Crippen LogP contribution in [0.3, 0.4) is 0 Å². The van der Waals surface area contributed by atoms with Gasteiger partial charge in [0.25, 0.3) is 5.69 Å². The lowest BCUT2D eigenvalue weighted by molar-refractivity contribution is -0.385. The molecular formula is C9H6F3NO4. The monoisotopic (exact) mass is 249 g/mol. The molecule has 0 atom stereocenters. The molecule has 0 fully saturated rings. The summed E-state index contributed by atoms with van der Waals surface area (Å²) in [6.45, 7) is -2.37. The highest BCUT2D eigenvalue weighted by Crippen LogP contribution is 2.29. The number of carbonyl (C=O) groups excluding carboxylic acids is 1. The Morgan fingerprint density at radius 2 is 2.06 bits per heavy atom. The number of non-ortho nitro benzene ring substituents is 1. The second-order valence-electron chi connectivity index (χ2n) is 3.00. The average molecular weight is 249 g/mol. The molecule has 0 amide bonds. The molecule has 0 saturated heterocycles. The molecule has 1 rings (SSSR count). The van der Waals surface area contributed by atoms with E-state index in [0.717, 1.165) is 6.92 Å². The van der Waals surface area contributed by atoms with Gasteiger partial charge in [0.1, 0.15) is 0 Å². The first-order valence-corrected chi connectivity index (χ1v) is 4.26. The van der Waals surface area contributed by atoms with Gasteiger partial charge < -0.3 is 4.74 Å². The molecule has 0 aliphatic rings. The van der Waals surface area contributed by atoms with Gasteiger partial charge in [-0.2, -0.15) is 8.78 Å². The maximum absolute atomic E-state index is 13.3. The molecule has 0 aromatic heterocycles. The maximum Gasteiger partial charge on any atom is 0.387 e. The van der Waals surface area contributed by atoms with Crippen molar-refractivity contribution in [2.75, 3.05) is 0 Å². The highest BCUT2D eigenvalue weighted by atomic mass is 19.3. The third-order valence-corrected chi connectivity index (χ3v) is 1.83. The Bertz CT molecular complexity index is 476. The third kappa shape index (κ3) is 2.92. The van der Waals surface area contributed by atoms with Crippen LogP contribution in [0.2, 0.25) is 0 Å². The number of alkyl halides is 2. The molecule has 0 heterocycles. The molecule has 17 heavy (non-hydrogen) atoms. The summed E-state index contributed by atoms with van der Waals surface area (Å²) in [6, 6.07) is 1.09. The van der Waals surface area contributed by atoms with Gasteiger partial charge in [-0.3, -0.25) is 14.9 Å². The molecule has 0 aliphatic carbocycles. The number of hydrogen-bond donors (Lipinski definition) is 0. The van der Waals surface area contributed by atoms with Crippen molar-refractivity contribution in [1.82, 2.24) is 0 Å². The zero-order valence-electron chi connectivity index (χ0n) is 8.45. The van der Waals surface area contributed by atoms with Crippen molar-refractivity contribution < 1.29 is 27.6 Å². The van der Waals surface area contributed by atoms with Gasteiger partial charge >= 0.3 is 6.61 Å². The summed E-state index contributed by atoms with van der Waals surface area (Å²) in [4.78, 5) is 20.5. The van der Waals surface area contributed by atoms with Crippen LogP contribution in [0.4, 0.5) is 18.9 Å². The standard InChI is InChI=1S/C9H6F3NO4/c1-4(14)6-2-5(13(15)16)3-7(10)8(6)17-9(11)12/h2-3,9H,1H3. The van der Waals surface area contributed by atoms with Crippen LogP contribution in [-0.4, -0.2) is 17.3 Å². The Morgan fingerprint density at radius 3 is 2.47 bits per heavy atom. The SMILES string of the molecule is CC(=O)c1cc([N+](=O)[O-])cc(F)c1OC(F)F. The maximum atomic E-state index is 13.3. The summed E-state index contributed by atoms with van der Waals surface area (Å²) >= 11 is 0. The summed E-state index contributed by atoms with van der Waals surface area (Å²) in [7, 11) is 0. The molecule has 92 valence electrons. The van der Waals surface area contributed by atoms with Crippen molar-refractivity contribution in [2.24, 2.45) is 0 Å². The van der Waals surface area contributed by atoms with E-state index in [-0.39, 0.29) is 0 Å². The van der Waals surface area contributed by atoms with E-state index >= 15 is 0 Å². The van der Waals surface area contributed by atoms with Gasteiger partial charge in [-0.05, 0) is 6.92 Å². The lowest BCUT2D eigenvalue weighted by Crippen LogP contribution is -2.09. The molecule has 1 aromatic rings. The zero-order valence-corrected chi connectivity index (χ0v) is 8.45. The lowest BCUT2D eigenvalue weighted by Gasteiger charge is -2.09. The number of hydrogen-bond acceptors (Lipinski definition) is 4. The minimum absolute atomic E-state index is 0.407. The minimum Gasteiger partial charge on any atom is -0.431 e. The quantitative estimate of drug-likeness (QED) is 0.467. The summed E-state index contributed by atoms with van der Waals surface area (Å²) in [5.74, 6) is -3.19. The smallest absolute Gasteiger partial charge is 0.387 e. The van der Waals surface area contributed by atoms with Crippen LogP contribution in [0.25, 0.3) is 0 Å². The zero-order chi connectivity index (χ0) is 13.2. The molecule has 8 heteroatoms. The molecule has 0 radical (unpaired) electrons. The Balaban J connectivity index is 3.38. The summed E-state index contributed by atoms with van der Waals surface area (Å²) < 4.78 is 41.0. The number of carbonyl (C=O) groups is 1. The molecule has 1 aromatic carbocycles. The predicted molar refractivity (Wildman–Crippen MR) is 49.7 cm³/mol. The van der Waals surface area contributed by atoms with E-state index in [1.54, 1.807) is 0 Å². The fraction of sp³-hybridized carbons (Fsp3) is 0.222. The Kier molecular flexibility index (Phi) is 3.66. The number of ketones is 1. The van der Waals surface area contributed by atoms with Gasteiger partial charge in [-0.25, -0.2) is 4.39 Å². The van der Waals surface area contributed by atoms with Crippen LogP contribution in [0.5, 0.6) is 5.75 Å². The fourth-order valence-electron chi connectivity index (χ4n) is 1.15. The molecule has 0 bridgehead atoms. The number of ether oxygens (including phenoxy) is 1. The van der Waals surface area contributed by atoms with Gasteiger partial charge in [-0.15, -0.1) is 0 Å². The van der Waals surface area contributed by atoms with Crippen LogP contribution >= 0.6 is 0 Å². The molecule has 0 aliphatic heterocycles. The second-order valence-corrected chi connectivity index (χ2v) is 3.00. The lowest BCUT2D eigenvalue weighted by atomic mass is 10.1. The molecule has 0 unspecified atom stereocenters. The van der Waals surface area contributed by atoms with E-state index in [0.29, 0.717) is 12.1 Å². The molecule has 0 saturated carbocycles. The van der Waals surface area contributed by atoms with Crippen molar-refractivity contribution in [3.63, 3.8) is 0 Å².